The average Bonchev–Trinajstić information content (AvgIpc) is 2.58. The first-order valence-electron chi connectivity index (χ1n) is 7.47. The molecule has 1 aromatic heterocycles. The third-order valence-electron chi connectivity index (χ3n) is 2.48. The number of pyridine rings is 1. The number of halogens is 4. The lowest BCUT2D eigenvalue weighted by Crippen LogP contribution is -2.06. The fourth-order valence-electron chi connectivity index (χ4n) is 1.48. The molecule has 1 aromatic carbocycles. The molecule has 0 unspecified atom stereocenters. The summed E-state index contributed by atoms with van der Waals surface area (Å²) in [7, 11) is 0. The number of anilines is 1. The highest BCUT2D eigenvalue weighted by Gasteiger charge is 2.29. The Kier molecular flexibility index (Phi) is 10.3. The molecule has 0 atom stereocenters. The van der Waals surface area contributed by atoms with Crippen molar-refractivity contribution in [3.63, 3.8) is 0 Å². The minimum Gasteiger partial charge on any atom is -0.366 e. The van der Waals surface area contributed by atoms with E-state index in [1.54, 1.807) is 12.3 Å². The molecule has 128 valence electrons. The molecule has 2 rings (SSSR count). The molecule has 6 heteroatoms. The molecule has 0 aliphatic carbocycles. The second-order valence-corrected chi connectivity index (χ2v) is 4.83. The highest BCUT2D eigenvalue weighted by molar-refractivity contribution is 9.10. The minimum atomic E-state index is -4.29. The number of aromatic nitrogens is 1. The van der Waals surface area contributed by atoms with Crippen molar-refractivity contribution in [1.82, 2.24) is 4.98 Å². The standard InChI is InChI=1S/C13H10BrF3N2.2C2H6/c14-11-5-6-12(19-8-11)18-7-9-1-3-10(4-2-9)13(15,16)17;2*1-2/h1-6,8H,7H2,(H,18,19);2*1-2H3. The molecule has 0 aliphatic rings. The summed E-state index contributed by atoms with van der Waals surface area (Å²) in [5.41, 5.74) is 0.121. The molecule has 0 radical (unpaired) electrons. The van der Waals surface area contributed by atoms with E-state index in [1.165, 1.54) is 12.1 Å². The van der Waals surface area contributed by atoms with Crippen LogP contribution >= 0.6 is 15.9 Å². The molecule has 2 aromatic rings. The van der Waals surface area contributed by atoms with E-state index < -0.39 is 11.7 Å². The van der Waals surface area contributed by atoms with Crippen molar-refractivity contribution >= 4 is 21.7 Å². The lowest BCUT2D eigenvalue weighted by Gasteiger charge is -2.08. The first-order valence-corrected chi connectivity index (χ1v) is 8.26. The van der Waals surface area contributed by atoms with Crippen molar-refractivity contribution in [1.29, 1.82) is 0 Å². The number of nitrogens with one attached hydrogen (secondary N) is 1. The monoisotopic (exact) mass is 390 g/mol. The largest absolute Gasteiger partial charge is 0.416 e. The SMILES string of the molecule is CC.CC.FC(F)(F)c1ccc(CNc2ccc(Br)cn2)cc1. The maximum atomic E-state index is 12.4. The lowest BCUT2D eigenvalue weighted by atomic mass is 10.1. The summed E-state index contributed by atoms with van der Waals surface area (Å²) in [5.74, 6) is 0.670. The van der Waals surface area contributed by atoms with Gasteiger partial charge in [0.05, 0.1) is 5.56 Å². The van der Waals surface area contributed by atoms with Gasteiger partial charge in [0.15, 0.2) is 0 Å². The van der Waals surface area contributed by atoms with Crippen LogP contribution in [0.2, 0.25) is 0 Å². The zero-order valence-electron chi connectivity index (χ0n) is 13.7. The van der Waals surface area contributed by atoms with E-state index in [-0.39, 0.29) is 0 Å². The number of rotatable bonds is 3. The molecule has 0 saturated heterocycles. The highest BCUT2D eigenvalue weighted by atomic mass is 79.9. The van der Waals surface area contributed by atoms with Crippen LogP contribution in [-0.2, 0) is 12.7 Å². The van der Waals surface area contributed by atoms with Crippen LogP contribution in [0, 0.1) is 0 Å². The summed E-state index contributed by atoms with van der Waals surface area (Å²) in [6.45, 7) is 8.42. The average molecular weight is 391 g/mol. The summed E-state index contributed by atoms with van der Waals surface area (Å²) in [4.78, 5) is 4.11. The summed E-state index contributed by atoms with van der Waals surface area (Å²) in [5, 5.41) is 3.03. The first-order chi connectivity index (χ1) is 10.9. The topological polar surface area (TPSA) is 24.9 Å². The molecular formula is C17H22BrF3N2. The number of hydrogen-bond donors (Lipinski definition) is 1. The predicted molar refractivity (Wildman–Crippen MR) is 93.4 cm³/mol. The molecule has 0 spiro atoms. The van der Waals surface area contributed by atoms with Gasteiger partial charge in [-0.2, -0.15) is 13.2 Å². The van der Waals surface area contributed by atoms with Crippen LogP contribution in [0.1, 0.15) is 38.8 Å². The van der Waals surface area contributed by atoms with Gasteiger partial charge in [-0.05, 0) is 45.8 Å². The third kappa shape index (κ3) is 8.02. The van der Waals surface area contributed by atoms with Crippen molar-refractivity contribution in [3.8, 4) is 0 Å². The van der Waals surface area contributed by atoms with E-state index in [2.05, 4.69) is 26.2 Å². The molecular weight excluding hydrogens is 369 g/mol. The van der Waals surface area contributed by atoms with Crippen molar-refractivity contribution in [2.45, 2.75) is 40.4 Å². The Hall–Kier alpha value is -1.56. The van der Waals surface area contributed by atoms with E-state index >= 15 is 0 Å². The molecule has 1 N–H and O–H groups in total. The normalized spacial score (nSPS) is 9.91. The minimum absolute atomic E-state index is 0.423. The summed E-state index contributed by atoms with van der Waals surface area (Å²) < 4.78 is 38.0. The van der Waals surface area contributed by atoms with Crippen LogP contribution in [0.4, 0.5) is 19.0 Å². The van der Waals surface area contributed by atoms with E-state index in [9.17, 15) is 13.2 Å². The summed E-state index contributed by atoms with van der Waals surface area (Å²) in [6.07, 6.45) is -2.64. The summed E-state index contributed by atoms with van der Waals surface area (Å²) in [6, 6.07) is 8.68. The van der Waals surface area contributed by atoms with Gasteiger partial charge in [0.25, 0.3) is 0 Å². The Morgan fingerprint density at radius 1 is 0.957 bits per heavy atom. The molecule has 23 heavy (non-hydrogen) atoms. The Morgan fingerprint density at radius 2 is 1.52 bits per heavy atom. The quantitative estimate of drug-likeness (QED) is 0.644. The van der Waals surface area contributed by atoms with E-state index in [0.29, 0.717) is 12.4 Å². The molecule has 0 fully saturated rings. The van der Waals surface area contributed by atoms with Crippen LogP contribution in [0.15, 0.2) is 47.1 Å². The fourth-order valence-corrected chi connectivity index (χ4v) is 1.72. The second kappa shape index (κ2) is 11.0. The zero-order valence-corrected chi connectivity index (χ0v) is 15.3. The van der Waals surface area contributed by atoms with Gasteiger partial charge in [0.2, 0.25) is 0 Å². The van der Waals surface area contributed by atoms with Crippen LogP contribution in [0.3, 0.4) is 0 Å². The van der Waals surface area contributed by atoms with E-state index in [0.717, 1.165) is 22.2 Å². The summed E-state index contributed by atoms with van der Waals surface area (Å²) >= 11 is 3.27. The Labute approximate surface area is 144 Å². The molecule has 2 nitrogen and oxygen atoms in total. The van der Waals surface area contributed by atoms with Crippen molar-refractivity contribution in [2.75, 3.05) is 5.32 Å². The lowest BCUT2D eigenvalue weighted by molar-refractivity contribution is -0.137. The van der Waals surface area contributed by atoms with Gasteiger partial charge in [-0.15, -0.1) is 0 Å². The van der Waals surface area contributed by atoms with Crippen molar-refractivity contribution in [3.05, 3.63) is 58.2 Å². The van der Waals surface area contributed by atoms with Crippen molar-refractivity contribution in [2.24, 2.45) is 0 Å². The van der Waals surface area contributed by atoms with Gasteiger partial charge in [0, 0.05) is 17.2 Å². The van der Waals surface area contributed by atoms with Gasteiger partial charge >= 0.3 is 6.18 Å². The number of alkyl halides is 3. The van der Waals surface area contributed by atoms with Crippen LogP contribution in [-0.4, -0.2) is 4.98 Å². The van der Waals surface area contributed by atoms with Gasteiger partial charge in [0.1, 0.15) is 5.82 Å². The maximum absolute atomic E-state index is 12.4. The second-order valence-electron chi connectivity index (χ2n) is 3.91. The van der Waals surface area contributed by atoms with Crippen LogP contribution in [0.25, 0.3) is 0 Å². The van der Waals surface area contributed by atoms with Crippen LogP contribution < -0.4 is 5.32 Å². The highest BCUT2D eigenvalue weighted by Crippen LogP contribution is 2.29. The Morgan fingerprint density at radius 3 is 1.96 bits per heavy atom. The van der Waals surface area contributed by atoms with Gasteiger partial charge in [-0.25, -0.2) is 4.98 Å². The predicted octanol–water partition coefficient (Wildman–Crippen LogP) is 6.53. The molecule has 0 bridgehead atoms. The van der Waals surface area contributed by atoms with E-state index in [1.807, 2.05) is 33.8 Å². The molecule has 0 saturated carbocycles. The van der Waals surface area contributed by atoms with Crippen molar-refractivity contribution < 1.29 is 13.2 Å². The van der Waals surface area contributed by atoms with Gasteiger partial charge in [-0.1, -0.05) is 39.8 Å². The molecule has 1 heterocycles. The molecule has 0 amide bonds. The molecule has 0 aliphatic heterocycles. The van der Waals surface area contributed by atoms with Crippen LogP contribution in [0.5, 0.6) is 0 Å². The van der Waals surface area contributed by atoms with Gasteiger partial charge in [-0.3, -0.25) is 0 Å². The number of hydrogen-bond acceptors (Lipinski definition) is 2. The first kappa shape index (κ1) is 21.4. The Balaban J connectivity index is 0.00000112. The third-order valence-corrected chi connectivity index (χ3v) is 2.95. The smallest absolute Gasteiger partial charge is 0.366 e. The Bertz CT molecular complexity index is 537. The zero-order chi connectivity index (χ0) is 17.9. The van der Waals surface area contributed by atoms with E-state index in [4.69, 9.17) is 0 Å². The van der Waals surface area contributed by atoms with Gasteiger partial charge < -0.3 is 5.32 Å². The fraction of sp³-hybridized carbons (Fsp3) is 0.353. The number of benzene rings is 1. The maximum Gasteiger partial charge on any atom is 0.416 e. The number of nitrogens with zero attached hydrogens (tertiary/aromatic N) is 1.